The SMILES string of the molecule is C=C[C@@H]1C[C@@]12NC(=O)[C@@H]1C[C@@H](OC(=O)N3Cc4cccc(F)c4C3)CN1C(=O)[C@@H](NCC1CC1)CCCCCCCNc1ccc(F)cc1S(=O)(=O)NC2=O. The monoisotopic (exact) mass is 782 g/mol. The third-order valence-corrected chi connectivity index (χ3v) is 12.8. The molecule has 1 spiro atoms. The number of anilines is 1. The lowest BCUT2D eigenvalue weighted by molar-refractivity contribution is -0.141. The Balaban J connectivity index is 1.15. The number of carbonyl (C=O) groups is 4. The van der Waals surface area contributed by atoms with Crippen molar-refractivity contribution in [2.75, 3.05) is 25.0 Å². The van der Waals surface area contributed by atoms with E-state index < -0.39 is 74.1 Å². The number of amides is 4. The summed E-state index contributed by atoms with van der Waals surface area (Å²) in [6.45, 7) is 4.90. The first-order chi connectivity index (χ1) is 26.4. The summed E-state index contributed by atoms with van der Waals surface area (Å²) in [5, 5.41) is 9.24. The molecule has 0 bridgehead atoms. The summed E-state index contributed by atoms with van der Waals surface area (Å²) in [6.07, 6.45) is 6.42. The Kier molecular flexibility index (Phi) is 11.2. The first-order valence-electron chi connectivity index (χ1n) is 19.2. The molecule has 0 aromatic heterocycles. The Bertz CT molecular complexity index is 1960. The van der Waals surface area contributed by atoms with Crippen LogP contribution in [0.15, 0.2) is 53.9 Å². The molecule has 3 aliphatic heterocycles. The number of hydrogen-bond donors (Lipinski definition) is 4. The molecule has 55 heavy (non-hydrogen) atoms. The fraction of sp³-hybridized carbons (Fsp3) is 0.538. The predicted octanol–water partition coefficient (Wildman–Crippen LogP) is 4.09. The van der Waals surface area contributed by atoms with Gasteiger partial charge in [0.05, 0.1) is 24.8 Å². The van der Waals surface area contributed by atoms with Gasteiger partial charge in [-0.2, -0.15) is 0 Å². The van der Waals surface area contributed by atoms with Crippen molar-refractivity contribution < 1.29 is 41.1 Å². The van der Waals surface area contributed by atoms with Gasteiger partial charge in [0.2, 0.25) is 11.8 Å². The minimum atomic E-state index is -4.62. The zero-order valence-corrected chi connectivity index (χ0v) is 31.5. The lowest BCUT2D eigenvalue weighted by atomic mass is 10.0. The Labute approximate surface area is 319 Å². The van der Waals surface area contributed by atoms with Crippen LogP contribution < -0.4 is 20.7 Å². The van der Waals surface area contributed by atoms with Crippen molar-refractivity contribution in [3.8, 4) is 0 Å². The molecule has 5 aliphatic rings. The number of nitrogens with zero attached hydrogens (tertiary/aromatic N) is 2. The Morgan fingerprint density at radius 3 is 2.56 bits per heavy atom. The van der Waals surface area contributed by atoms with Crippen molar-refractivity contribution in [3.05, 3.63) is 71.8 Å². The largest absolute Gasteiger partial charge is 0.444 e. The molecule has 296 valence electrons. The maximum absolute atomic E-state index is 14.5. The Hall–Kier alpha value is -4.57. The molecule has 2 aromatic carbocycles. The second kappa shape index (κ2) is 15.9. The summed E-state index contributed by atoms with van der Waals surface area (Å²) >= 11 is 0. The quantitative estimate of drug-likeness (QED) is 0.327. The molecule has 7 rings (SSSR count). The molecular formula is C39H48F2N6O7S. The molecule has 0 radical (unpaired) electrons. The van der Waals surface area contributed by atoms with Crippen LogP contribution >= 0.6 is 0 Å². The maximum atomic E-state index is 14.5. The van der Waals surface area contributed by atoms with Gasteiger partial charge < -0.3 is 25.6 Å². The first-order valence-corrected chi connectivity index (χ1v) is 20.7. The summed E-state index contributed by atoms with van der Waals surface area (Å²) in [7, 11) is -4.62. The molecular weight excluding hydrogens is 735 g/mol. The van der Waals surface area contributed by atoms with E-state index in [1.165, 1.54) is 28.0 Å². The number of ether oxygens (including phenoxy) is 1. The summed E-state index contributed by atoms with van der Waals surface area (Å²) in [6, 6.07) is 6.16. The van der Waals surface area contributed by atoms with E-state index in [-0.39, 0.29) is 44.1 Å². The third kappa shape index (κ3) is 8.49. The van der Waals surface area contributed by atoms with Gasteiger partial charge in [-0.25, -0.2) is 26.7 Å². The van der Waals surface area contributed by atoms with E-state index in [1.54, 1.807) is 12.1 Å². The van der Waals surface area contributed by atoms with Crippen molar-refractivity contribution in [1.29, 1.82) is 0 Å². The third-order valence-electron chi connectivity index (χ3n) is 11.4. The second-order valence-electron chi connectivity index (χ2n) is 15.5. The van der Waals surface area contributed by atoms with Crippen molar-refractivity contribution in [3.63, 3.8) is 0 Å². The van der Waals surface area contributed by atoms with E-state index in [1.807, 2.05) is 0 Å². The molecule has 13 nitrogen and oxygen atoms in total. The smallest absolute Gasteiger partial charge is 0.410 e. The summed E-state index contributed by atoms with van der Waals surface area (Å²) in [5.74, 6) is -3.47. The van der Waals surface area contributed by atoms with Crippen molar-refractivity contribution >= 4 is 39.5 Å². The average Bonchev–Trinajstić information content (AvgIpc) is 4.02. The van der Waals surface area contributed by atoms with Crippen LogP contribution in [0.5, 0.6) is 0 Å². The van der Waals surface area contributed by atoms with Crippen molar-refractivity contribution in [2.24, 2.45) is 11.8 Å². The lowest BCUT2D eigenvalue weighted by Gasteiger charge is -2.30. The summed E-state index contributed by atoms with van der Waals surface area (Å²) < 4.78 is 64.1. The second-order valence-corrected chi connectivity index (χ2v) is 17.1. The molecule has 16 heteroatoms. The molecule has 3 fully saturated rings. The summed E-state index contributed by atoms with van der Waals surface area (Å²) in [5.41, 5.74) is -0.506. The van der Waals surface area contributed by atoms with Crippen LogP contribution in [0.4, 0.5) is 19.3 Å². The van der Waals surface area contributed by atoms with Crippen LogP contribution in [0.25, 0.3) is 0 Å². The Morgan fingerprint density at radius 2 is 1.82 bits per heavy atom. The minimum absolute atomic E-state index is 0.0178. The highest BCUT2D eigenvalue weighted by Gasteiger charge is 2.61. The number of rotatable bonds is 5. The fourth-order valence-corrected chi connectivity index (χ4v) is 9.18. The molecule has 1 saturated heterocycles. The number of hydrogen-bond acceptors (Lipinski definition) is 9. The number of benzene rings is 2. The van der Waals surface area contributed by atoms with Crippen LogP contribution in [0.3, 0.4) is 0 Å². The van der Waals surface area contributed by atoms with Gasteiger partial charge in [-0.15, -0.1) is 6.58 Å². The fourth-order valence-electron chi connectivity index (χ4n) is 7.94. The topological polar surface area (TPSA) is 166 Å². The van der Waals surface area contributed by atoms with Gasteiger partial charge in [0.1, 0.15) is 34.2 Å². The Morgan fingerprint density at radius 1 is 1.04 bits per heavy atom. The molecule has 2 aliphatic carbocycles. The molecule has 4 amide bonds. The van der Waals surface area contributed by atoms with Crippen LogP contribution in [-0.2, 0) is 42.2 Å². The molecule has 2 saturated carbocycles. The number of carbonyl (C=O) groups excluding carboxylic acids is 4. The van der Waals surface area contributed by atoms with Gasteiger partial charge in [0, 0.05) is 31.0 Å². The van der Waals surface area contributed by atoms with E-state index in [2.05, 4.69) is 27.3 Å². The van der Waals surface area contributed by atoms with Gasteiger partial charge >= 0.3 is 6.09 Å². The van der Waals surface area contributed by atoms with E-state index in [0.29, 0.717) is 43.0 Å². The molecule has 4 N–H and O–H groups in total. The van der Waals surface area contributed by atoms with Crippen LogP contribution in [0, 0.1) is 23.5 Å². The highest BCUT2D eigenvalue weighted by atomic mass is 32.2. The highest BCUT2D eigenvalue weighted by molar-refractivity contribution is 7.90. The minimum Gasteiger partial charge on any atom is -0.444 e. The van der Waals surface area contributed by atoms with Gasteiger partial charge in [0.25, 0.3) is 15.9 Å². The number of fused-ring (bicyclic) bond motifs is 3. The zero-order valence-electron chi connectivity index (χ0n) is 30.7. The average molecular weight is 783 g/mol. The normalized spacial score (nSPS) is 28.6. The molecule has 2 aromatic rings. The summed E-state index contributed by atoms with van der Waals surface area (Å²) in [4.78, 5) is 58.3. The van der Waals surface area contributed by atoms with Gasteiger partial charge in [-0.05, 0) is 74.4 Å². The zero-order chi connectivity index (χ0) is 38.9. The van der Waals surface area contributed by atoms with E-state index in [0.717, 1.165) is 50.7 Å². The maximum Gasteiger partial charge on any atom is 0.410 e. The van der Waals surface area contributed by atoms with Gasteiger partial charge in [-0.1, -0.05) is 43.9 Å². The van der Waals surface area contributed by atoms with Gasteiger partial charge in [0.15, 0.2) is 0 Å². The predicted molar refractivity (Wildman–Crippen MR) is 198 cm³/mol. The number of nitrogens with one attached hydrogen (secondary N) is 4. The van der Waals surface area contributed by atoms with Gasteiger partial charge in [-0.3, -0.25) is 19.3 Å². The van der Waals surface area contributed by atoms with E-state index in [9.17, 15) is 36.4 Å². The first kappa shape index (κ1) is 38.7. The molecule has 0 unspecified atom stereocenters. The highest BCUT2D eigenvalue weighted by Crippen LogP contribution is 2.45. The van der Waals surface area contributed by atoms with Crippen LogP contribution in [0.2, 0.25) is 0 Å². The van der Waals surface area contributed by atoms with Crippen LogP contribution in [0.1, 0.15) is 75.3 Å². The van der Waals surface area contributed by atoms with Crippen molar-refractivity contribution in [1.82, 2.24) is 25.2 Å². The molecule has 3 heterocycles. The standard InChI is InChI=1S/C39H48F2N6O7S/c1-2-26-19-39(26)37(50)45-55(52,53)34-17-27(40)14-15-31(34)42-16-7-5-3-4-6-11-32(43-20-24-12-13-24)36(49)47-22-28(18-33(47)35(48)44-39)54-38(51)46-21-25-9-8-10-30(41)29(25)23-46/h2,8-10,14-15,17,24,26,28,32-33,42-43H,1,3-7,11-13,16,18-23H2,(H,44,48)(H,45,50)/t26-,28-,32+,33+,39-/m1/s1. The van der Waals surface area contributed by atoms with E-state index >= 15 is 0 Å². The van der Waals surface area contributed by atoms with E-state index in [4.69, 9.17) is 4.74 Å². The van der Waals surface area contributed by atoms with Crippen molar-refractivity contribution in [2.45, 2.75) is 106 Å². The lowest BCUT2D eigenvalue weighted by Crippen LogP contribution is -2.58. The number of sulfonamides is 1. The number of halogens is 2. The molecule has 5 atom stereocenters. The van der Waals surface area contributed by atoms with Crippen LogP contribution in [-0.4, -0.2) is 85.4 Å².